The van der Waals surface area contributed by atoms with Gasteiger partial charge >= 0.3 is 6.03 Å². The van der Waals surface area contributed by atoms with E-state index in [1.807, 2.05) is 6.07 Å². The Morgan fingerprint density at radius 3 is 2.71 bits per heavy atom. The lowest BCUT2D eigenvalue weighted by atomic mass is 10.3. The minimum absolute atomic E-state index is 0.0972. The minimum Gasteiger partial charge on any atom is -0.355 e. The molecule has 0 aliphatic carbocycles. The van der Waals surface area contributed by atoms with Crippen LogP contribution in [0.15, 0.2) is 53.4 Å². The highest BCUT2D eigenvalue weighted by Crippen LogP contribution is 2.19. The van der Waals surface area contributed by atoms with Gasteiger partial charge < -0.3 is 15.5 Å². The van der Waals surface area contributed by atoms with E-state index in [-0.39, 0.29) is 5.69 Å². The highest BCUT2D eigenvalue weighted by atomic mass is 32.1. The van der Waals surface area contributed by atoms with Gasteiger partial charge in [-0.3, -0.25) is 4.90 Å². The van der Waals surface area contributed by atoms with Gasteiger partial charge in [-0.2, -0.15) is 11.3 Å². The standard InChI is InChI=1S/C22H23F2N5OS/c23-17-2-4-20(19(24)12-17)27-22(30)26-18-3-5-21(25-13-18)29-8-1-7-28(9-10-29)14-16-6-11-31-15-16/h2-6,11-13,15H,1,7-10,14H2,(H2,26,27,30). The number of amides is 2. The predicted molar refractivity (Wildman–Crippen MR) is 120 cm³/mol. The van der Waals surface area contributed by atoms with Crippen molar-refractivity contribution in [3.63, 3.8) is 0 Å². The largest absolute Gasteiger partial charge is 0.355 e. The summed E-state index contributed by atoms with van der Waals surface area (Å²) in [6.07, 6.45) is 2.63. The van der Waals surface area contributed by atoms with Crippen molar-refractivity contribution in [2.45, 2.75) is 13.0 Å². The molecule has 1 aliphatic heterocycles. The number of nitrogens with one attached hydrogen (secondary N) is 2. The monoisotopic (exact) mass is 443 g/mol. The maximum atomic E-state index is 13.7. The zero-order chi connectivity index (χ0) is 21.6. The fourth-order valence-electron chi connectivity index (χ4n) is 3.52. The molecule has 0 spiro atoms. The van der Waals surface area contributed by atoms with Crippen molar-refractivity contribution in [3.8, 4) is 0 Å². The molecule has 9 heteroatoms. The van der Waals surface area contributed by atoms with Crippen molar-refractivity contribution in [1.29, 1.82) is 0 Å². The molecule has 1 saturated heterocycles. The van der Waals surface area contributed by atoms with Crippen LogP contribution in [0.5, 0.6) is 0 Å². The van der Waals surface area contributed by atoms with Crippen molar-refractivity contribution in [1.82, 2.24) is 9.88 Å². The molecule has 3 heterocycles. The Morgan fingerprint density at radius 1 is 1.06 bits per heavy atom. The van der Waals surface area contributed by atoms with Gasteiger partial charge in [-0.05, 0) is 53.1 Å². The van der Waals surface area contributed by atoms with Crippen LogP contribution in [-0.4, -0.2) is 42.1 Å². The number of carbonyl (C=O) groups excluding carboxylic acids is 1. The summed E-state index contributed by atoms with van der Waals surface area (Å²) >= 11 is 1.72. The molecule has 0 radical (unpaired) electrons. The summed E-state index contributed by atoms with van der Waals surface area (Å²) in [5.41, 5.74) is 1.74. The van der Waals surface area contributed by atoms with Gasteiger partial charge in [0, 0.05) is 38.8 Å². The quantitative estimate of drug-likeness (QED) is 0.596. The first-order chi connectivity index (χ1) is 15.1. The van der Waals surface area contributed by atoms with Gasteiger partial charge in [0.1, 0.15) is 17.5 Å². The Morgan fingerprint density at radius 2 is 1.97 bits per heavy atom. The van der Waals surface area contributed by atoms with E-state index in [0.29, 0.717) is 11.8 Å². The molecule has 0 saturated carbocycles. The van der Waals surface area contributed by atoms with E-state index in [1.165, 1.54) is 11.6 Å². The van der Waals surface area contributed by atoms with E-state index < -0.39 is 17.7 Å². The fourth-order valence-corrected chi connectivity index (χ4v) is 4.18. The van der Waals surface area contributed by atoms with Gasteiger partial charge in [0.05, 0.1) is 17.6 Å². The van der Waals surface area contributed by atoms with Crippen LogP contribution in [0.25, 0.3) is 0 Å². The Hall–Kier alpha value is -3.04. The predicted octanol–water partition coefficient (Wildman–Crippen LogP) is 4.78. The summed E-state index contributed by atoms with van der Waals surface area (Å²) in [4.78, 5) is 21.3. The third kappa shape index (κ3) is 5.77. The van der Waals surface area contributed by atoms with Crippen LogP contribution in [0, 0.1) is 11.6 Å². The molecule has 1 fully saturated rings. The van der Waals surface area contributed by atoms with Crippen LogP contribution in [0.3, 0.4) is 0 Å². The molecular formula is C22H23F2N5OS. The number of benzene rings is 1. The topological polar surface area (TPSA) is 60.5 Å². The Kier molecular flexibility index (Phi) is 6.73. The normalized spacial score (nSPS) is 14.8. The second-order valence-corrected chi connectivity index (χ2v) is 8.14. The molecule has 1 aliphatic rings. The molecule has 4 rings (SSSR count). The number of carbonyl (C=O) groups is 1. The number of aromatic nitrogens is 1. The fraction of sp³-hybridized carbons (Fsp3) is 0.273. The van der Waals surface area contributed by atoms with E-state index in [2.05, 4.69) is 42.2 Å². The van der Waals surface area contributed by atoms with E-state index in [4.69, 9.17) is 0 Å². The van der Waals surface area contributed by atoms with E-state index in [9.17, 15) is 13.6 Å². The molecule has 3 aromatic rings. The van der Waals surface area contributed by atoms with Gasteiger partial charge in [-0.25, -0.2) is 18.6 Å². The van der Waals surface area contributed by atoms with Crippen LogP contribution in [0.4, 0.5) is 30.8 Å². The minimum atomic E-state index is -0.835. The van der Waals surface area contributed by atoms with Gasteiger partial charge in [-0.15, -0.1) is 0 Å². The number of nitrogens with zero attached hydrogens (tertiary/aromatic N) is 3. The van der Waals surface area contributed by atoms with Gasteiger partial charge in [-0.1, -0.05) is 0 Å². The zero-order valence-corrected chi connectivity index (χ0v) is 17.7. The number of thiophene rings is 1. The molecule has 2 aromatic heterocycles. The Labute approximate surface area is 183 Å². The van der Waals surface area contributed by atoms with Crippen molar-refractivity contribution < 1.29 is 13.6 Å². The maximum Gasteiger partial charge on any atom is 0.323 e. The molecule has 0 bridgehead atoms. The van der Waals surface area contributed by atoms with Crippen LogP contribution in [0.1, 0.15) is 12.0 Å². The summed E-state index contributed by atoms with van der Waals surface area (Å²) in [5.74, 6) is -0.683. The van der Waals surface area contributed by atoms with Gasteiger partial charge in [0.25, 0.3) is 0 Å². The summed E-state index contributed by atoms with van der Waals surface area (Å²) in [5, 5.41) is 9.27. The summed E-state index contributed by atoms with van der Waals surface area (Å²) < 4.78 is 26.6. The van der Waals surface area contributed by atoms with Crippen molar-refractivity contribution in [2.75, 3.05) is 41.7 Å². The lowest BCUT2D eigenvalue weighted by Crippen LogP contribution is -2.30. The highest BCUT2D eigenvalue weighted by Gasteiger charge is 2.16. The Bertz CT molecular complexity index is 1010. The van der Waals surface area contributed by atoms with E-state index in [1.54, 1.807) is 23.6 Å². The lowest BCUT2D eigenvalue weighted by Gasteiger charge is -2.22. The molecule has 2 N–H and O–H groups in total. The molecule has 1 aromatic carbocycles. The van der Waals surface area contributed by atoms with Crippen molar-refractivity contribution >= 4 is 34.6 Å². The molecular weight excluding hydrogens is 420 g/mol. The third-order valence-corrected chi connectivity index (χ3v) is 5.82. The summed E-state index contributed by atoms with van der Waals surface area (Å²) in [6.45, 7) is 4.78. The van der Waals surface area contributed by atoms with E-state index in [0.717, 1.165) is 51.0 Å². The number of hydrogen-bond acceptors (Lipinski definition) is 5. The number of urea groups is 1. The molecule has 2 amide bonds. The van der Waals surface area contributed by atoms with Crippen LogP contribution < -0.4 is 15.5 Å². The highest BCUT2D eigenvalue weighted by molar-refractivity contribution is 7.07. The first kappa shape index (κ1) is 21.2. The number of rotatable bonds is 5. The van der Waals surface area contributed by atoms with Crippen LogP contribution >= 0.6 is 11.3 Å². The van der Waals surface area contributed by atoms with Crippen LogP contribution in [0.2, 0.25) is 0 Å². The first-order valence-corrected chi connectivity index (χ1v) is 11.0. The average Bonchev–Trinajstić information content (AvgIpc) is 3.15. The maximum absolute atomic E-state index is 13.7. The molecule has 6 nitrogen and oxygen atoms in total. The molecule has 0 unspecified atom stereocenters. The zero-order valence-electron chi connectivity index (χ0n) is 16.9. The van der Waals surface area contributed by atoms with Crippen LogP contribution in [-0.2, 0) is 6.54 Å². The lowest BCUT2D eigenvalue weighted by molar-refractivity contribution is 0.262. The number of hydrogen-bond donors (Lipinski definition) is 2. The second-order valence-electron chi connectivity index (χ2n) is 7.36. The smallest absolute Gasteiger partial charge is 0.323 e. The third-order valence-electron chi connectivity index (χ3n) is 5.08. The average molecular weight is 444 g/mol. The van der Waals surface area contributed by atoms with E-state index >= 15 is 0 Å². The van der Waals surface area contributed by atoms with Gasteiger partial charge in [0.15, 0.2) is 0 Å². The molecule has 162 valence electrons. The number of pyridine rings is 1. The summed E-state index contributed by atoms with van der Waals surface area (Å²) in [7, 11) is 0. The van der Waals surface area contributed by atoms with Crippen molar-refractivity contribution in [2.24, 2.45) is 0 Å². The molecule has 0 atom stereocenters. The number of halogens is 2. The van der Waals surface area contributed by atoms with Gasteiger partial charge in [0.2, 0.25) is 0 Å². The Balaban J connectivity index is 1.31. The number of anilines is 3. The second kappa shape index (κ2) is 9.84. The van der Waals surface area contributed by atoms with Crippen molar-refractivity contribution in [3.05, 3.63) is 70.6 Å². The summed E-state index contributed by atoms with van der Waals surface area (Å²) in [6, 6.07) is 8.14. The first-order valence-electron chi connectivity index (χ1n) is 10.0. The SMILES string of the molecule is O=C(Nc1ccc(N2CCCN(Cc3ccsc3)CC2)nc1)Nc1ccc(F)cc1F. The molecule has 31 heavy (non-hydrogen) atoms.